The third-order valence-electron chi connectivity index (χ3n) is 3.73. The summed E-state index contributed by atoms with van der Waals surface area (Å²) in [6.07, 6.45) is -6.45. The van der Waals surface area contributed by atoms with Gasteiger partial charge in [-0.25, -0.2) is 0 Å². The van der Waals surface area contributed by atoms with Crippen LogP contribution >= 0.6 is 0 Å². The Bertz CT molecular complexity index is 760. The normalized spacial score (nSPS) is 19.3. The van der Waals surface area contributed by atoms with E-state index < -0.39 is 29.8 Å². The molecule has 1 heterocycles. The molecule has 1 aliphatic rings. The number of carbonyl (C=O) groups excluding carboxylic acids is 1. The smallest absolute Gasteiger partial charge is 0.387 e. The van der Waals surface area contributed by atoms with Crippen molar-refractivity contribution in [3.63, 3.8) is 0 Å². The first-order valence-electron chi connectivity index (χ1n) is 7.17. The number of rotatable bonds is 3. The van der Waals surface area contributed by atoms with Crippen LogP contribution in [0.3, 0.4) is 0 Å². The zero-order valence-corrected chi connectivity index (χ0v) is 12.3. The Hall–Kier alpha value is -2.67. The average Bonchev–Trinajstić information content (AvgIpc) is 2.93. The number of nitrogens with zero attached hydrogens (tertiary/aromatic N) is 2. The third kappa shape index (κ3) is 2.90. The standard InChI is InChI=1S/C17H13F3N2O2/c18-17(19,20)15-13(14(23)11-7-3-1-4-8-11)16(24)22(21-15)12-9-5-2-6-10-12/h1-10,13-14,23H. The summed E-state index contributed by atoms with van der Waals surface area (Å²) in [7, 11) is 0. The average molecular weight is 334 g/mol. The van der Waals surface area contributed by atoms with Crippen LogP contribution in [-0.4, -0.2) is 22.9 Å². The lowest BCUT2D eigenvalue weighted by Crippen LogP contribution is -2.37. The molecule has 24 heavy (non-hydrogen) atoms. The van der Waals surface area contributed by atoms with Crippen LogP contribution in [0.25, 0.3) is 0 Å². The van der Waals surface area contributed by atoms with Crippen LogP contribution in [0, 0.1) is 5.92 Å². The molecule has 0 saturated carbocycles. The Morgan fingerprint density at radius 1 is 1.00 bits per heavy atom. The van der Waals surface area contributed by atoms with E-state index in [0.29, 0.717) is 5.01 Å². The highest BCUT2D eigenvalue weighted by molar-refractivity contribution is 6.17. The molecule has 1 aliphatic heterocycles. The number of anilines is 1. The number of amides is 1. The van der Waals surface area contributed by atoms with Crippen molar-refractivity contribution in [3.8, 4) is 0 Å². The van der Waals surface area contributed by atoms with Crippen LogP contribution < -0.4 is 5.01 Å². The molecule has 0 fully saturated rings. The summed E-state index contributed by atoms with van der Waals surface area (Å²) in [4.78, 5) is 12.5. The molecular formula is C17H13F3N2O2. The van der Waals surface area contributed by atoms with Crippen LogP contribution in [0.5, 0.6) is 0 Å². The van der Waals surface area contributed by atoms with Gasteiger partial charge in [-0.3, -0.25) is 4.79 Å². The van der Waals surface area contributed by atoms with Gasteiger partial charge in [-0.2, -0.15) is 23.3 Å². The van der Waals surface area contributed by atoms with Crippen LogP contribution in [0.2, 0.25) is 0 Å². The predicted molar refractivity (Wildman–Crippen MR) is 82.3 cm³/mol. The number of para-hydroxylation sites is 1. The maximum Gasteiger partial charge on any atom is 0.432 e. The van der Waals surface area contributed by atoms with E-state index in [1.165, 1.54) is 24.3 Å². The number of aliphatic hydroxyl groups is 1. The number of hydrazone groups is 1. The van der Waals surface area contributed by atoms with E-state index in [1.54, 1.807) is 36.4 Å². The molecule has 0 radical (unpaired) electrons. The molecule has 2 aromatic carbocycles. The number of hydrogen-bond acceptors (Lipinski definition) is 3. The van der Waals surface area contributed by atoms with E-state index in [4.69, 9.17) is 0 Å². The van der Waals surface area contributed by atoms with Gasteiger partial charge in [-0.05, 0) is 17.7 Å². The predicted octanol–water partition coefficient (Wildman–Crippen LogP) is 3.30. The first kappa shape index (κ1) is 16.2. The zero-order valence-electron chi connectivity index (χ0n) is 12.3. The molecule has 2 unspecified atom stereocenters. The van der Waals surface area contributed by atoms with Crippen molar-refractivity contribution in [2.45, 2.75) is 12.3 Å². The lowest BCUT2D eigenvalue weighted by Gasteiger charge is -2.20. The van der Waals surface area contributed by atoms with E-state index in [9.17, 15) is 23.1 Å². The molecule has 124 valence electrons. The van der Waals surface area contributed by atoms with Gasteiger partial charge in [0.1, 0.15) is 5.92 Å². The zero-order chi connectivity index (χ0) is 17.3. The molecule has 0 spiro atoms. The van der Waals surface area contributed by atoms with Crippen molar-refractivity contribution < 1.29 is 23.1 Å². The van der Waals surface area contributed by atoms with Crippen LogP contribution in [0.4, 0.5) is 18.9 Å². The van der Waals surface area contributed by atoms with Gasteiger partial charge in [-0.15, -0.1) is 0 Å². The van der Waals surface area contributed by atoms with E-state index in [2.05, 4.69) is 5.10 Å². The highest BCUT2D eigenvalue weighted by Gasteiger charge is 2.53. The van der Waals surface area contributed by atoms with Crippen LogP contribution in [0.1, 0.15) is 11.7 Å². The third-order valence-corrected chi connectivity index (χ3v) is 3.73. The first-order valence-corrected chi connectivity index (χ1v) is 7.17. The highest BCUT2D eigenvalue weighted by Crippen LogP contribution is 2.37. The van der Waals surface area contributed by atoms with Crippen LogP contribution in [0.15, 0.2) is 65.8 Å². The number of halogens is 3. The van der Waals surface area contributed by atoms with E-state index in [0.717, 1.165) is 0 Å². The van der Waals surface area contributed by atoms with Crippen molar-refractivity contribution in [3.05, 3.63) is 66.2 Å². The molecule has 2 aromatic rings. The van der Waals surface area contributed by atoms with Gasteiger partial charge in [-0.1, -0.05) is 48.5 Å². The van der Waals surface area contributed by atoms with Crippen molar-refractivity contribution in [2.75, 3.05) is 5.01 Å². The second-order valence-corrected chi connectivity index (χ2v) is 5.30. The number of aliphatic hydroxyl groups excluding tert-OH is 1. The lowest BCUT2D eigenvalue weighted by molar-refractivity contribution is -0.123. The number of alkyl halides is 3. The second kappa shape index (κ2) is 6.09. The first-order chi connectivity index (χ1) is 11.4. The fraction of sp³-hybridized carbons (Fsp3) is 0.176. The number of carbonyl (C=O) groups is 1. The number of hydrogen-bond donors (Lipinski definition) is 1. The molecule has 4 nitrogen and oxygen atoms in total. The van der Waals surface area contributed by atoms with E-state index in [-0.39, 0.29) is 11.3 Å². The lowest BCUT2D eigenvalue weighted by atomic mass is 9.91. The Morgan fingerprint density at radius 3 is 2.08 bits per heavy atom. The summed E-state index contributed by atoms with van der Waals surface area (Å²) in [5.74, 6) is -2.71. The minimum atomic E-state index is -4.82. The van der Waals surface area contributed by atoms with Gasteiger partial charge >= 0.3 is 6.18 Å². The van der Waals surface area contributed by atoms with Crippen molar-refractivity contribution >= 4 is 17.3 Å². The fourth-order valence-corrected chi connectivity index (χ4v) is 2.58. The van der Waals surface area contributed by atoms with Crippen LogP contribution in [-0.2, 0) is 4.79 Å². The minimum absolute atomic E-state index is 0.215. The molecule has 3 rings (SSSR count). The molecule has 0 aromatic heterocycles. The topological polar surface area (TPSA) is 52.9 Å². The minimum Gasteiger partial charge on any atom is -0.387 e. The summed E-state index contributed by atoms with van der Waals surface area (Å²) >= 11 is 0. The van der Waals surface area contributed by atoms with Crippen molar-refractivity contribution in [2.24, 2.45) is 11.0 Å². The largest absolute Gasteiger partial charge is 0.432 e. The molecule has 1 N–H and O–H groups in total. The maximum atomic E-state index is 13.3. The van der Waals surface area contributed by atoms with Gasteiger partial charge in [0.2, 0.25) is 0 Å². The van der Waals surface area contributed by atoms with E-state index >= 15 is 0 Å². The molecule has 7 heteroatoms. The molecule has 0 bridgehead atoms. The maximum absolute atomic E-state index is 13.3. The molecular weight excluding hydrogens is 321 g/mol. The molecule has 2 atom stereocenters. The van der Waals surface area contributed by atoms with Gasteiger partial charge in [0.15, 0.2) is 5.71 Å². The Balaban J connectivity index is 2.02. The van der Waals surface area contributed by atoms with Crippen molar-refractivity contribution in [1.82, 2.24) is 0 Å². The van der Waals surface area contributed by atoms with E-state index in [1.807, 2.05) is 0 Å². The molecule has 0 aliphatic carbocycles. The van der Waals surface area contributed by atoms with Gasteiger partial charge in [0.25, 0.3) is 5.91 Å². The Morgan fingerprint density at radius 2 is 1.54 bits per heavy atom. The molecule has 0 saturated heterocycles. The van der Waals surface area contributed by atoms with Crippen molar-refractivity contribution in [1.29, 1.82) is 0 Å². The quantitative estimate of drug-likeness (QED) is 0.936. The number of benzene rings is 2. The fourth-order valence-electron chi connectivity index (χ4n) is 2.58. The van der Waals surface area contributed by atoms with Gasteiger partial charge in [0, 0.05) is 0 Å². The summed E-state index contributed by atoms with van der Waals surface area (Å²) in [6, 6.07) is 15.6. The highest BCUT2D eigenvalue weighted by atomic mass is 19.4. The summed E-state index contributed by atoms with van der Waals surface area (Å²) in [5, 5.41) is 14.5. The summed E-state index contributed by atoms with van der Waals surface area (Å²) in [6.45, 7) is 0. The SMILES string of the molecule is O=C1C(C(O)c2ccccc2)C(C(F)(F)F)=NN1c1ccccc1. The monoisotopic (exact) mass is 334 g/mol. The molecule has 1 amide bonds. The Labute approximate surface area is 135 Å². The van der Waals surface area contributed by atoms with Gasteiger partial charge in [0.05, 0.1) is 11.8 Å². The summed E-state index contributed by atoms with van der Waals surface area (Å²) < 4.78 is 40.0. The summed E-state index contributed by atoms with van der Waals surface area (Å²) in [5.41, 5.74) is -0.859. The second-order valence-electron chi connectivity index (χ2n) is 5.30. The Kier molecular flexibility index (Phi) is 4.11. The van der Waals surface area contributed by atoms with Gasteiger partial charge < -0.3 is 5.11 Å².